The van der Waals surface area contributed by atoms with Gasteiger partial charge in [0.1, 0.15) is 5.75 Å². The molecule has 1 N–H and O–H groups in total. The van der Waals surface area contributed by atoms with Crippen LogP contribution in [0.15, 0.2) is 35.7 Å². The van der Waals surface area contributed by atoms with E-state index in [4.69, 9.17) is 4.74 Å². The first-order valence-corrected chi connectivity index (χ1v) is 8.74. The Balaban J connectivity index is 1.62. The summed E-state index contributed by atoms with van der Waals surface area (Å²) in [6.45, 7) is 1.76. The molecule has 0 spiro atoms. The van der Waals surface area contributed by atoms with Gasteiger partial charge < -0.3 is 10.1 Å². The van der Waals surface area contributed by atoms with Crippen molar-refractivity contribution in [2.45, 2.75) is 31.7 Å². The van der Waals surface area contributed by atoms with E-state index in [2.05, 4.69) is 11.4 Å². The van der Waals surface area contributed by atoms with E-state index >= 15 is 0 Å². The van der Waals surface area contributed by atoms with Gasteiger partial charge >= 0.3 is 0 Å². The maximum Gasteiger partial charge on any atom is 0.153 e. The number of nitrogens with one attached hydrogen (secondary N) is 1. The number of carbonyl (C=O) groups is 1. The van der Waals surface area contributed by atoms with Crippen LogP contribution in [0.25, 0.3) is 10.4 Å². The molecule has 3 rings (SSSR count). The molecule has 0 bridgehead atoms. The Morgan fingerprint density at radius 1 is 1.32 bits per heavy atom. The Morgan fingerprint density at radius 3 is 3.00 bits per heavy atom. The van der Waals surface area contributed by atoms with E-state index in [0.717, 1.165) is 24.8 Å². The summed E-state index contributed by atoms with van der Waals surface area (Å²) in [6, 6.07) is 10.5. The first-order chi connectivity index (χ1) is 10.9. The average Bonchev–Trinajstić information content (AvgIpc) is 3.10. The lowest BCUT2D eigenvalue weighted by molar-refractivity contribution is 0.111. The van der Waals surface area contributed by atoms with Crippen LogP contribution in [0.2, 0.25) is 0 Å². The Bertz CT molecular complexity index is 604. The van der Waals surface area contributed by atoms with Gasteiger partial charge in [0.05, 0.1) is 12.2 Å². The van der Waals surface area contributed by atoms with Crippen molar-refractivity contribution in [3.8, 4) is 16.2 Å². The number of aldehydes is 1. The van der Waals surface area contributed by atoms with E-state index in [9.17, 15) is 4.79 Å². The number of piperidine rings is 1. The molecule has 1 atom stereocenters. The molecule has 1 fully saturated rings. The molecule has 3 nitrogen and oxygen atoms in total. The zero-order valence-corrected chi connectivity index (χ0v) is 13.4. The zero-order chi connectivity index (χ0) is 15.2. The Hall–Kier alpha value is -1.65. The van der Waals surface area contributed by atoms with Crippen molar-refractivity contribution in [2.75, 3.05) is 13.2 Å². The van der Waals surface area contributed by atoms with E-state index in [1.807, 2.05) is 29.6 Å². The molecule has 22 heavy (non-hydrogen) atoms. The fourth-order valence-corrected chi connectivity index (χ4v) is 3.57. The minimum atomic E-state index is 0.554. The highest BCUT2D eigenvalue weighted by Gasteiger charge is 2.13. The first-order valence-electron chi connectivity index (χ1n) is 7.86. The van der Waals surface area contributed by atoms with Crippen LogP contribution >= 0.6 is 11.3 Å². The minimum absolute atomic E-state index is 0.554. The van der Waals surface area contributed by atoms with E-state index in [1.54, 1.807) is 11.3 Å². The molecule has 1 saturated heterocycles. The monoisotopic (exact) mass is 315 g/mol. The number of benzene rings is 1. The van der Waals surface area contributed by atoms with Crippen LogP contribution in [-0.4, -0.2) is 25.5 Å². The summed E-state index contributed by atoms with van der Waals surface area (Å²) in [5, 5.41) is 5.55. The second-order valence-electron chi connectivity index (χ2n) is 5.63. The van der Waals surface area contributed by atoms with Gasteiger partial charge in [-0.25, -0.2) is 0 Å². The van der Waals surface area contributed by atoms with Crippen LogP contribution in [0.4, 0.5) is 0 Å². The molecule has 0 saturated carbocycles. The molecule has 1 aliphatic heterocycles. The van der Waals surface area contributed by atoms with Crippen LogP contribution in [0.3, 0.4) is 0 Å². The largest absolute Gasteiger partial charge is 0.493 e. The molecule has 1 aromatic heterocycles. The number of hydrogen-bond donors (Lipinski definition) is 1. The molecule has 1 aromatic carbocycles. The van der Waals surface area contributed by atoms with Gasteiger partial charge in [-0.05, 0) is 61.0 Å². The van der Waals surface area contributed by atoms with Crippen LogP contribution < -0.4 is 10.1 Å². The Labute approximate surface area is 135 Å². The average molecular weight is 315 g/mol. The van der Waals surface area contributed by atoms with Crippen LogP contribution in [0, 0.1) is 0 Å². The quantitative estimate of drug-likeness (QED) is 0.814. The van der Waals surface area contributed by atoms with E-state index in [1.165, 1.54) is 24.1 Å². The lowest BCUT2D eigenvalue weighted by atomic mass is 10.0. The topological polar surface area (TPSA) is 38.3 Å². The zero-order valence-electron chi connectivity index (χ0n) is 12.6. The second-order valence-corrected chi connectivity index (χ2v) is 6.58. The molecule has 2 aromatic rings. The van der Waals surface area contributed by atoms with Crippen molar-refractivity contribution in [3.05, 3.63) is 41.3 Å². The molecule has 116 valence electrons. The highest BCUT2D eigenvalue weighted by Crippen LogP contribution is 2.29. The summed E-state index contributed by atoms with van der Waals surface area (Å²) in [6.07, 6.45) is 5.67. The minimum Gasteiger partial charge on any atom is -0.493 e. The van der Waals surface area contributed by atoms with Gasteiger partial charge in [0.15, 0.2) is 6.29 Å². The van der Waals surface area contributed by atoms with Crippen LogP contribution in [-0.2, 0) is 0 Å². The maximum atomic E-state index is 11.3. The van der Waals surface area contributed by atoms with Gasteiger partial charge in [0.2, 0.25) is 0 Å². The predicted octanol–water partition coefficient (Wildman–Crippen LogP) is 4.14. The number of hydrogen-bond acceptors (Lipinski definition) is 4. The fraction of sp³-hybridized carbons (Fsp3) is 0.389. The van der Waals surface area contributed by atoms with Crippen molar-refractivity contribution < 1.29 is 9.53 Å². The number of rotatable bonds is 6. The maximum absolute atomic E-state index is 11.3. The third kappa shape index (κ3) is 3.76. The highest BCUT2D eigenvalue weighted by atomic mass is 32.1. The van der Waals surface area contributed by atoms with Crippen molar-refractivity contribution >= 4 is 17.6 Å². The normalized spacial score (nSPS) is 18.1. The summed E-state index contributed by atoms with van der Waals surface area (Å²) in [5.74, 6) is 0.686. The van der Waals surface area contributed by atoms with Gasteiger partial charge in [-0.2, -0.15) is 0 Å². The molecule has 0 amide bonds. The summed E-state index contributed by atoms with van der Waals surface area (Å²) >= 11 is 1.67. The molecule has 0 aliphatic carbocycles. The molecular formula is C18H21NO2S. The lowest BCUT2D eigenvalue weighted by Crippen LogP contribution is -2.35. The SMILES string of the molecule is O=Cc1cc(-c2cccs2)ccc1OCCC1CCCCN1. The van der Waals surface area contributed by atoms with Gasteiger partial charge in [-0.15, -0.1) is 11.3 Å². The molecule has 1 unspecified atom stereocenters. The van der Waals surface area contributed by atoms with E-state index in [0.29, 0.717) is 24.0 Å². The molecule has 2 heterocycles. The lowest BCUT2D eigenvalue weighted by Gasteiger charge is -2.23. The highest BCUT2D eigenvalue weighted by molar-refractivity contribution is 7.13. The Morgan fingerprint density at radius 2 is 2.27 bits per heavy atom. The van der Waals surface area contributed by atoms with Crippen molar-refractivity contribution in [3.63, 3.8) is 0 Å². The standard InChI is InChI=1S/C18H21NO2S/c20-13-15-12-14(18-5-3-11-22-18)6-7-17(15)21-10-8-16-4-1-2-9-19-16/h3,5-7,11-13,16,19H,1-2,4,8-10H2. The number of carbonyl (C=O) groups excluding carboxylic acids is 1. The summed E-state index contributed by atoms with van der Waals surface area (Å²) < 4.78 is 5.84. The van der Waals surface area contributed by atoms with Gasteiger partial charge in [-0.1, -0.05) is 12.5 Å². The fourth-order valence-electron chi connectivity index (χ4n) is 2.85. The van der Waals surface area contributed by atoms with Crippen LogP contribution in [0.1, 0.15) is 36.0 Å². The van der Waals surface area contributed by atoms with E-state index in [-0.39, 0.29) is 0 Å². The van der Waals surface area contributed by atoms with Crippen LogP contribution in [0.5, 0.6) is 5.75 Å². The third-order valence-corrected chi connectivity index (χ3v) is 5.00. The molecular weight excluding hydrogens is 294 g/mol. The number of ether oxygens (including phenoxy) is 1. The summed E-state index contributed by atoms with van der Waals surface area (Å²) in [4.78, 5) is 12.5. The summed E-state index contributed by atoms with van der Waals surface area (Å²) in [7, 11) is 0. The van der Waals surface area contributed by atoms with Gasteiger partial charge in [0, 0.05) is 10.9 Å². The third-order valence-electron chi connectivity index (χ3n) is 4.08. The van der Waals surface area contributed by atoms with Gasteiger partial charge in [0.25, 0.3) is 0 Å². The van der Waals surface area contributed by atoms with E-state index < -0.39 is 0 Å². The van der Waals surface area contributed by atoms with Crippen molar-refractivity contribution in [1.29, 1.82) is 0 Å². The van der Waals surface area contributed by atoms with Gasteiger partial charge in [-0.3, -0.25) is 4.79 Å². The first kappa shape index (κ1) is 15.3. The smallest absolute Gasteiger partial charge is 0.153 e. The molecule has 0 radical (unpaired) electrons. The second kappa shape index (κ2) is 7.56. The molecule has 4 heteroatoms. The predicted molar refractivity (Wildman–Crippen MR) is 90.9 cm³/mol. The van der Waals surface area contributed by atoms with Crippen molar-refractivity contribution in [1.82, 2.24) is 5.32 Å². The van der Waals surface area contributed by atoms with Crippen molar-refractivity contribution in [2.24, 2.45) is 0 Å². The number of thiophene rings is 1. The Kier molecular flexibility index (Phi) is 5.24. The molecule has 1 aliphatic rings. The summed E-state index contributed by atoms with van der Waals surface area (Å²) in [5.41, 5.74) is 1.70.